The number of phenols is 1. The first-order valence-corrected chi connectivity index (χ1v) is 6.41. The molecule has 0 aliphatic heterocycles. The molecule has 2 N–H and O–H groups in total. The number of nitrogens with one attached hydrogen (secondary N) is 1. The average molecular weight is 249 g/mol. The van der Waals surface area contributed by atoms with Crippen molar-refractivity contribution in [3.05, 3.63) is 23.8 Å². The standard InChI is InChI=1S/C12H15N3OS/c1-8(2)10-6-9(4-5-11(10)16)15-12(17-3)14-7-13/h4-6,8,16H,1-3H3,(H,14,15). The van der Waals surface area contributed by atoms with E-state index in [2.05, 4.69) is 10.3 Å². The molecular weight excluding hydrogens is 234 g/mol. The van der Waals surface area contributed by atoms with E-state index in [0.29, 0.717) is 5.17 Å². The van der Waals surface area contributed by atoms with Crippen LogP contribution in [0.1, 0.15) is 25.3 Å². The van der Waals surface area contributed by atoms with Gasteiger partial charge in [0.1, 0.15) is 5.75 Å². The summed E-state index contributed by atoms with van der Waals surface area (Å²) in [5.74, 6) is 0.504. The first-order valence-electron chi connectivity index (χ1n) is 5.19. The van der Waals surface area contributed by atoms with Crippen LogP contribution >= 0.6 is 11.8 Å². The smallest absolute Gasteiger partial charge is 0.183 e. The molecule has 0 unspecified atom stereocenters. The second kappa shape index (κ2) is 6.16. The van der Waals surface area contributed by atoms with Gasteiger partial charge in [-0.2, -0.15) is 5.26 Å². The Labute approximate surface area is 105 Å². The van der Waals surface area contributed by atoms with Gasteiger partial charge in [-0.05, 0) is 35.9 Å². The zero-order valence-electron chi connectivity index (χ0n) is 10.1. The fourth-order valence-corrected chi connectivity index (χ4v) is 1.71. The van der Waals surface area contributed by atoms with E-state index in [1.807, 2.05) is 32.4 Å². The van der Waals surface area contributed by atoms with Crippen LogP contribution in [-0.2, 0) is 0 Å². The molecule has 0 atom stereocenters. The van der Waals surface area contributed by atoms with Crippen molar-refractivity contribution < 1.29 is 5.11 Å². The predicted octanol–water partition coefficient (Wildman–Crippen LogP) is 2.94. The van der Waals surface area contributed by atoms with Gasteiger partial charge in [0.2, 0.25) is 0 Å². The van der Waals surface area contributed by atoms with Crippen LogP contribution in [0.15, 0.2) is 23.2 Å². The molecular formula is C12H15N3OS. The van der Waals surface area contributed by atoms with Gasteiger partial charge < -0.3 is 5.11 Å². The molecule has 17 heavy (non-hydrogen) atoms. The van der Waals surface area contributed by atoms with Crippen LogP contribution < -0.4 is 5.32 Å². The summed E-state index contributed by atoms with van der Waals surface area (Å²) in [5.41, 5.74) is 1.57. The third-order valence-corrected chi connectivity index (χ3v) is 2.80. The van der Waals surface area contributed by atoms with Crippen LogP contribution in [0.5, 0.6) is 5.75 Å². The Morgan fingerprint density at radius 1 is 1.53 bits per heavy atom. The molecule has 0 aliphatic rings. The van der Waals surface area contributed by atoms with E-state index >= 15 is 0 Å². The molecule has 0 amide bonds. The van der Waals surface area contributed by atoms with E-state index in [1.54, 1.807) is 12.1 Å². The minimum Gasteiger partial charge on any atom is -0.508 e. The lowest BCUT2D eigenvalue weighted by molar-refractivity contribution is 0.465. The lowest BCUT2D eigenvalue weighted by Gasteiger charge is -2.09. The van der Waals surface area contributed by atoms with Crippen molar-refractivity contribution in [1.29, 1.82) is 5.26 Å². The van der Waals surface area contributed by atoms with Gasteiger partial charge in [-0.25, -0.2) is 4.99 Å². The molecule has 1 rings (SSSR count). The topological polar surface area (TPSA) is 68.4 Å². The third-order valence-electron chi connectivity index (χ3n) is 2.22. The summed E-state index contributed by atoms with van der Waals surface area (Å²) in [4.78, 5) is 4.29. The molecule has 5 heteroatoms. The summed E-state index contributed by atoms with van der Waals surface area (Å²) in [6, 6.07) is 5.17. The Morgan fingerprint density at radius 2 is 2.24 bits per heavy atom. The number of rotatable bonds is 2. The van der Waals surface area contributed by atoms with Gasteiger partial charge in [-0.15, -0.1) is 0 Å². The Balaban J connectivity index is 3.08. The fourth-order valence-electron chi connectivity index (χ4n) is 1.36. The van der Waals surface area contributed by atoms with E-state index < -0.39 is 0 Å². The Bertz CT molecular complexity index is 463. The van der Waals surface area contributed by atoms with Crippen LogP contribution in [0, 0.1) is 11.5 Å². The van der Waals surface area contributed by atoms with E-state index in [4.69, 9.17) is 5.26 Å². The van der Waals surface area contributed by atoms with Gasteiger partial charge in [0, 0.05) is 0 Å². The number of hydrogen-bond donors (Lipinski definition) is 2. The Hall–Kier alpha value is -1.67. The lowest BCUT2D eigenvalue weighted by atomic mass is 10.0. The molecule has 0 saturated carbocycles. The van der Waals surface area contributed by atoms with Crippen LogP contribution in [0.2, 0.25) is 0 Å². The number of benzene rings is 1. The Morgan fingerprint density at radius 3 is 2.76 bits per heavy atom. The van der Waals surface area contributed by atoms with Gasteiger partial charge in [0.25, 0.3) is 0 Å². The van der Waals surface area contributed by atoms with Gasteiger partial charge in [-0.1, -0.05) is 25.6 Å². The van der Waals surface area contributed by atoms with Crippen LogP contribution in [-0.4, -0.2) is 16.5 Å². The van der Waals surface area contributed by atoms with Crippen molar-refractivity contribution in [3.8, 4) is 11.9 Å². The zero-order chi connectivity index (χ0) is 12.8. The largest absolute Gasteiger partial charge is 0.508 e. The van der Waals surface area contributed by atoms with Gasteiger partial charge in [0.15, 0.2) is 11.4 Å². The first kappa shape index (κ1) is 13.4. The minimum absolute atomic E-state index is 0.229. The summed E-state index contributed by atoms with van der Waals surface area (Å²) in [5, 5.41) is 21.3. The first-order chi connectivity index (χ1) is 8.08. The van der Waals surface area contributed by atoms with Crippen molar-refractivity contribution in [1.82, 2.24) is 5.32 Å². The number of aliphatic imine (C=N–C) groups is 1. The average Bonchev–Trinajstić information content (AvgIpc) is 2.30. The monoisotopic (exact) mass is 249 g/mol. The van der Waals surface area contributed by atoms with E-state index in [1.165, 1.54) is 11.8 Å². The third kappa shape index (κ3) is 3.68. The van der Waals surface area contributed by atoms with Gasteiger partial charge >= 0.3 is 0 Å². The summed E-state index contributed by atoms with van der Waals surface area (Å²) in [7, 11) is 0. The van der Waals surface area contributed by atoms with Crippen molar-refractivity contribution in [3.63, 3.8) is 0 Å². The van der Waals surface area contributed by atoms with E-state index in [9.17, 15) is 5.11 Å². The maximum atomic E-state index is 9.68. The molecule has 0 aromatic heterocycles. The fraction of sp³-hybridized carbons (Fsp3) is 0.333. The number of nitriles is 1. The number of amidine groups is 1. The molecule has 1 aromatic carbocycles. The summed E-state index contributed by atoms with van der Waals surface area (Å²) < 4.78 is 0. The van der Waals surface area contributed by atoms with E-state index in [-0.39, 0.29) is 11.7 Å². The highest BCUT2D eigenvalue weighted by Crippen LogP contribution is 2.29. The maximum Gasteiger partial charge on any atom is 0.183 e. The summed E-state index contributed by atoms with van der Waals surface area (Å²) in [6.45, 7) is 4.01. The van der Waals surface area contributed by atoms with Gasteiger partial charge in [-0.3, -0.25) is 5.32 Å². The molecule has 4 nitrogen and oxygen atoms in total. The number of hydrogen-bond acceptors (Lipinski definition) is 4. The van der Waals surface area contributed by atoms with Crippen LogP contribution in [0.4, 0.5) is 5.69 Å². The van der Waals surface area contributed by atoms with Crippen molar-refractivity contribution in [2.75, 3.05) is 6.26 Å². The normalized spacial score (nSPS) is 11.4. The highest BCUT2D eigenvalue weighted by molar-refractivity contribution is 8.13. The molecule has 0 radical (unpaired) electrons. The van der Waals surface area contributed by atoms with Crippen molar-refractivity contribution in [2.24, 2.45) is 4.99 Å². The quantitative estimate of drug-likeness (QED) is 0.366. The van der Waals surface area contributed by atoms with Crippen molar-refractivity contribution >= 4 is 22.6 Å². The SMILES string of the molecule is CSC(=Nc1ccc(O)c(C(C)C)c1)NC#N. The van der Waals surface area contributed by atoms with Crippen LogP contribution in [0.25, 0.3) is 0 Å². The van der Waals surface area contributed by atoms with Gasteiger partial charge in [0.05, 0.1) is 5.69 Å². The highest BCUT2D eigenvalue weighted by Gasteiger charge is 2.07. The summed E-state index contributed by atoms with van der Waals surface area (Å²) >= 11 is 1.36. The minimum atomic E-state index is 0.229. The Kier molecular flexibility index (Phi) is 4.85. The zero-order valence-corrected chi connectivity index (χ0v) is 10.9. The second-order valence-corrected chi connectivity index (χ2v) is 4.55. The maximum absolute atomic E-state index is 9.68. The lowest BCUT2D eigenvalue weighted by Crippen LogP contribution is -2.12. The highest BCUT2D eigenvalue weighted by atomic mass is 32.2. The summed E-state index contributed by atoms with van der Waals surface area (Å²) in [6.07, 6.45) is 3.68. The van der Waals surface area contributed by atoms with Crippen molar-refractivity contribution in [2.45, 2.75) is 19.8 Å². The second-order valence-electron chi connectivity index (χ2n) is 3.76. The molecule has 0 heterocycles. The predicted molar refractivity (Wildman–Crippen MR) is 71.6 cm³/mol. The number of phenolic OH excluding ortho intramolecular Hbond substituents is 1. The molecule has 90 valence electrons. The van der Waals surface area contributed by atoms with Crippen LogP contribution in [0.3, 0.4) is 0 Å². The van der Waals surface area contributed by atoms with E-state index in [0.717, 1.165) is 11.3 Å². The molecule has 0 aliphatic carbocycles. The molecule has 0 bridgehead atoms. The number of thioether (sulfide) groups is 1. The molecule has 1 aromatic rings. The number of aromatic hydroxyl groups is 1. The molecule has 0 saturated heterocycles. The number of nitrogens with zero attached hydrogens (tertiary/aromatic N) is 2. The molecule has 0 fully saturated rings. The molecule has 0 spiro atoms.